The maximum Gasteiger partial charge on any atom is 0.125 e. The van der Waals surface area contributed by atoms with Gasteiger partial charge < -0.3 is 9.47 Å². The van der Waals surface area contributed by atoms with Crippen molar-refractivity contribution < 1.29 is 9.47 Å². The SMILES string of the molecule is CC.CC.Cc1cc(C(C)(C)CC(C)(C)C)cc(C)c1OC(C)(C)CCOC(C)C. The molecule has 0 aliphatic rings. The predicted octanol–water partition coefficient (Wildman–Crippen LogP) is 9.04. The Morgan fingerprint density at radius 3 is 1.60 bits per heavy atom. The molecule has 1 rings (SSSR count). The van der Waals surface area contributed by atoms with E-state index in [1.165, 1.54) is 16.7 Å². The lowest BCUT2D eigenvalue weighted by Crippen LogP contribution is -2.31. The van der Waals surface area contributed by atoms with E-state index in [-0.39, 0.29) is 17.1 Å². The largest absolute Gasteiger partial charge is 0.487 e. The van der Waals surface area contributed by atoms with Gasteiger partial charge in [0.25, 0.3) is 0 Å². The molecule has 0 amide bonds. The summed E-state index contributed by atoms with van der Waals surface area (Å²) in [6.07, 6.45) is 2.29. The van der Waals surface area contributed by atoms with Crippen LogP contribution in [0.5, 0.6) is 5.75 Å². The van der Waals surface area contributed by atoms with E-state index in [1.807, 2.05) is 27.7 Å². The summed E-state index contributed by atoms with van der Waals surface area (Å²) in [7, 11) is 0. The van der Waals surface area contributed by atoms with Crippen molar-refractivity contribution in [3.05, 3.63) is 28.8 Å². The van der Waals surface area contributed by atoms with Crippen LogP contribution in [0.15, 0.2) is 12.1 Å². The summed E-state index contributed by atoms with van der Waals surface area (Å²) in [5, 5.41) is 0. The molecule has 0 radical (unpaired) electrons. The van der Waals surface area contributed by atoms with Gasteiger partial charge in [-0.15, -0.1) is 0 Å². The van der Waals surface area contributed by atoms with E-state index in [1.54, 1.807) is 0 Å². The third kappa shape index (κ3) is 12.0. The molecule has 2 heteroatoms. The zero-order valence-corrected chi connectivity index (χ0v) is 23.2. The molecule has 0 heterocycles. The molecule has 1 aromatic rings. The molecule has 0 N–H and O–H groups in total. The zero-order chi connectivity index (χ0) is 24.3. The molecule has 178 valence electrons. The van der Waals surface area contributed by atoms with Crippen molar-refractivity contribution in [1.29, 1.82) is 0 Å². The van der Waals surface area contributed by atoms with Crippen LogP contribution in [0.3, 0.4) is 0 Å². The summed E-state index contributed by atoms with van der Waals surface area (Å²) in [6, 6.07) is 4.63. The van der Waals surface area contributed by atoms with E-state index in [9.17, 15) is 0 Å². The molecule has 0 saturated carbocycles. The second-order valence-corrected chi connectivity index (χ2v) is 10.6. The Bertz CT molecular complexity index is 566. The molecule has 0 atom stereocenters. The maximum absolute atomic E-state index is 6.43. The third-order valence-corrected chi connectivity index (χ3v) is 4.75. The van der Waals surface area contributed by atoms with Gasteiger partial charge in [0, 0.05) is 6.42 Å². The monoisotopic (exact) mass is 422 g/mol. The number of benzene rings is 1. The molecular weight excluding hydrogens is 368 g/mol. The molecule has 0 spiro atoms. The molecule has 1 aromatic carbocycles. The second-order valence-electron chi connectivity index (χ2n) is 10.6. The summed E-state index contributed by atoms with van der Waals surface area (Å²) >= 11 is 0. The van der Waals surface area contributed by atoms with Crippen molar-refractivity contribution in [2.75, 3.05) is 6.61 Å². The summed E-state index contributed by atoms with van der Waals surface area (Å²) in [6.45, 7) is 33.1. The summed E-state index contributed by atoms with van der Waals surface area (Å²) in [5.74, 6) is 1.02. The topological polar surface area (TPSA) is 18.5 Å². The lowest BCUT2D eigenvalue weighted by molar-refractivity contribution is 0.0225. The molecule has 0 aromatic heterocycles. The molecule has 2 nitrogen and oxygen atoms in total. The van der Waals surface area contributed by atoms with E-state index in [4.69, 9.17) is 9.47 Å². The standard InChI is InChI=1S/C24H42O2.2C2H6/c1-17(2)25-13-12-24(10,11)26-21-18(3)14-20(15-19(21)4)23(8,9)16-22(5,6)7;2*1-2/h14-15,17H,12-13,16H2,1-11H3;2*1-2H3. The van der Waals surface area contributed by atoms with Crippen LogP contribution in [0.4, 0.5) is 0 Å². The Labute approximate surface area is 190 Å². The predicted molar refractivity (Wildman–Crippen MR) is 136 cm³/mol. The Balaban J connectivity index is 0. The fourth-order valence-corrected chi connectivity index (χ4v) is 3.80. The van der Waals surface area contributed by atoms with Gasteiger partial charge in [-0.1, -0.05) is 74.4 Å². The number of aryl methyl sites for hydroxylation is 2. The highest BCUT2D eigenvalue weighted by Crippen LogP contribution is 2.39. The minimum absolute atomic E-state index is 0.146. The van der Waals surface area contributed by atoms with Crippen molar-refractivity contribution in [2.45, 2.75) is 134 Å². The van der Waals surface area contributed by atoms with Crippen molar-refractivity contribution in [3.63, 3.8) is 0 Å². The highest BCUT2D eigenvalue weighted by Gasteiger charge is 2.29. The van der Waals surface area contributed by atoms with Crippen LogP contribution < -0.4 is 4.74 Å². The molecular formula is C28H54O2. The van der Waals surface area contributed by atoms with E-state index in [0.29, 0.717) is 5.41 Å². The number of rotatable bonds is 8. The normalized spacial score (nSPS) is 12.0. The van der Waals surface area contributed by atoms with Crippen molar-refractivity contribution in [1.82, 2.24) is 0 Å². The van der Waals surface area contributed by atoms with Crippen LogP contribution in [0.2, 0.25) is 0 Å². The van der Waals surface area contributed by atoms with Crippen LogP contribution in [0.1, 0.15) is 120 Å². The minimum atomic E-state index is -0.243. The van der Waals surface area contributed by atoms with E-state index < -0.39 is 0 Å². The lowest BCUT2D eigenvalue weighted by Gasteiger charge is -2.34. The molecule has 0 aliphatic heterocycles. The Hall–Kier alpha value is -1.02. The Morgan fingerprint density at radius 1 is 0.800 bits per heavy atom. The first-order valence-corrected chi connectivity index (χ1v) is 12.1. The molecule has 0 fully saturated rings. The van der Waals surface area contributed by atoms with Gasteiger partial charge in [-0.25, -0.2) is 0 Å². The van der Waals surface area contributed by atoms with Crippen LogP contribution in [0.25, 0.3) is 0 Å². The van der Waals surface area contributed by atoms with Gasteiger partial charge in [0.1, 0.15) is 11.4 Å². The molecule has 30 heavy (non-hydrogen) atoms. The van der Waals surface area contributed by atoms with Gasteiger partial charge >= 0.3 is 0 Å². The number of hydrogen-bond donors (Lipinski definition) is 0. The smallest absolute Gasteiger partial charge is 0.125 e. The zero-order valence-electron chi connectivity index (χ0n) is 23.2. The summed E-state index contributed by atoms with van der Waals surface area (Å²) in [5.41, 5.74) is 4.05. The van der Waals surface area contributed by atoms with Crippen LogP contribution >= 0.6 is 0 Å². The summed E-state index contributed by atoms with van der Waals surface area (Å²) in [4.78, 5) is 0. The Kier molecular flexibility index (Phi) is 13.9. The number of ether oxygens (including phenoxy) is 2. The molecule has 0 saturated heterocycles. The van der Waals surface area contributed by atoms with Gasteiger partial charge in [0.2, 0.25) is 0 Å². The highest BCUT2D eigenvalue weighted by atomic mass is 16.5. The third-order valence-electron chi connectivity index (χ3n) is 4.75. The molecule has 0 unspecified atom stereocenters. The van der Waals surface area contributed by atoms with Gasteiger partial charge in [-0.2, -0.15) is 0 Å². The fraction of sp³-hybridized carbons (Fsp3) is 0.786. The lowest BCUT2D eigenvalue weighted by atomic mass is 9.72. The van der Waals surface area contributed by atoms with Gasteiger partial charge in [0.15, 0.2) is 0 Å². The van der Waals surface area contributed by atoms with Gasteiger partial charge in [-0.3, -0.25) is 0 Å². The van der Waals surface area contributed by atoms with Crippen LogP contribution in [0, 0.1) is 19.3 Å². The maximum atomic E-state index is 6.43. The number of hydrogen-bond acceptors (Lipinski definition) is 2. The van der Waals surface area contributed by atoms with Gasteiger partial charge in [0.05, 0.1) is 12.7 Å². The second kappa shape index (κ2) is 13.4. The van der Waals surface area contributed by atoms with Gasteiger partial charge in [-0.05, 0) is 75.5 Å². The average molecular weight is 423 g/mol. The van der Waals surface area contributed by atoms with E-state index >= 15 is 0 Å². The minimum Gasteiger partial charge on any atom is -0.487 e. The van der Waals surface area contributed by atoms with E-state index in [0.717, 1.165) is 25.2 Å². The highest BCUT2D eigenvalue weighted by molar-refractivity contribution is 5.45. The molecule has 0 aliphatic carbocycles. The van der Waals surface area contributed by atoms with Crippen LogP contribution in [-0.2, 0) is 10.2 Å². The van der Waals surface area contributed by atoms with Crippen LogP contribution in [-0.4, -0.2) is 18.3 Å². The van der Waals surface area contributed by atoms with Crippen molar-refractivity contribution in [3.8, 4) is 5.75 Å². The van der Waals surface area contributed by atoms with E-state index in [2.05, 4.69) is 88.3 Å². The Morgan fingerprint density at radius 2 is 1.23 bits per heavy atom. The summed E-state index contributed by atoms with van der Waals surface area (Å²) < 4.78 is 12.1. The first kappa shape index (κ1) is 31.2. The first-order chi connectivity index (χ1) is 13.6. The molecule has 0 bridgehead atoms. The first-order valence-electron chi connectivity index (χ1n) is 12.1. The quantitative estimate of drug-likeness (QED) is 0.416. The average Bonchev–Trinajstić information content (AvgIpc) is 2.59. The van der Waals surface area contributed by atoms with Crippen molar-refractivity contribution in [2.24, 2.45) is 5.41 Å². The fourth-order valence-electron chi connectivity index (χ4n) is 3.80. The van der Waals surface area contributed by atoms with Crippen molar-refractivity contribution >= 4 is 0 Å².